The SMILES string of the molecule is C=CCc1cc(OCCOC)ccc1OC(C)CNCCCO. The Balaban J connectivity index is 2.59. The Hall–Kier alpha value is -1.56. The van der Waals surface area contributed by atoms with Crippen molar-refractivity contribution in [3.63, 3.8) is 0 Å². The molecular formula is C18H29NO4. The molecule has 0 heterocycles. The number of methoxy groups -OCH3 is 1. The second-order valence-electron chi connectivity index (χ2n) is 5.31. The van der Waals surface area contributed by atoms with Crippen LogP contribution in [0.25, 0.3) is 0 Å². The molecule has 0 aromatic heterocycles. The number of allylic oxidation sites excluding steroid dienone is 1. The highest BCUT2D eigenvalue weighted by Crippen LogP contribution is 2.26. The Morgan fingerprint density at radius 3 is 2.87 bits per heavy atom. The van der Waals surface area contributed by atoms with Crippen LogP contribution in [0.1, 0.15) is 18.9 Å². The van der Waals surface area contributed by atoms with Crippen LogP contribution in [0.5, 0.6) is 11.5 Å². The summed E-state index contributed by atoms with van der Waals surface area (Å²) in [5.74, 6) is 1.65. The average Bonchev–Trinajstić information content (AvgIpc) is 2.54. The summed E-state index contributed by atoms with van der Waals surface area (Å²) in [4.78, 5) is 0. The summed E-state index contributed by atoms with van der Waals surface area (Å²) in [5.41, 5.74) is 1.05. The van der Waals surface area contributed by atoms with E-state index in [-0.39, 0.29) is 12.7 Å². The molecule has 0 amide bonds. The third-order valence-electron chi connectivity index (χ3n) is 3.22. The van der Waals surface area contributed by atoms with E-state index in [4.69, 9.17) is 19.3 Å². The van der Waals surface area contributed by atoms with Gasteiger partial charge in [-0.2, -0.15) is 0 Å². The van der Waals surface area contributed by atoms with E-state index < -0.39 is 0 Å². The molecule has 5 nitrogen and oxygen atoms in total. The van der Waals surface area contributed by atoms with Crippen LogP contribution in [-0.4, -0.2) is 51.2 Å². The van der Waals surface area contributed by atoms with Gasteiger partial charge in [-0.15, -0.1) is 6.58 Å². The van der Waals surface area contributed by atoms with Gasteiger partial charge in [-0.25, -0.2) is 0 Å². The molecule has 0 saturated heterocycles. The van der Waals surface area contributed by atoms with Crippen LogP contribution in [0.15, 0.2) is 30.9 Å². The van der Waals surface area contributed by atoms with Crippen molar-refractivity contribution >= 4 is 0 Å². The molecule has 1 atom stereocenters. The van der Waals surface area contributed by atoms with Crippen molar-refractivity contribution in [1.29, 1.82) is 0 Å². The Labute approximate surface area is 139 Å². The first kappa shape index (κ1) is 19.5. The van der Waals surface area contributed by atoms with Crippen LogP contribution in [0.3, 0.4) is 0 Å². The van der Waals surface area contributed by atoms with E-state index in [1.165, 1.54) is 0 Å². The van der Waals surface area contributed by atoms with Gasteiger partial charge in [-0.05, 0) is 44.5 Å². The van der Waals surface area contributed by atoms with Crippen LogP contribution >= 0.6 is 0 Å². The highest BCUT2D eigenvalue weighted by molar-refractivity contribution is 5.41. The van der Waals surface area contributed by atoms with Crippen LogP contribution < -0.4 is 14.8 Å². The maximum absolute atomic E-state index is 8.77. The molecule has 5 heteroatoms. The predicted octanol–water partition coefficient (Wildman–Crippen LogP) is 2.18. The topological polar surface area (TPSA) is 60.0 Å². The highest BCUT2D eigenvalue weighted by atomic mass is 16.5. The first-order valence-electron chi connectivity index (χ1n) is 8.05. The van der Waals surface area contributed by atoms with Gasteiger partial charge >= 0.3 is 0 Å². The molecule has 0 aliphatic heterocycles. The van der Waals surface area contributed by atoms with Gasteiger partial charge in [0.25, 0.3) is 0 Å². The summed E-state index contributed by atoms with van der Waals surface area (Å²) in [6.45, 7) is 8.63. The first-order chi connectivity index (χ1) is 11.2. The van der Waals surface area contributed by atoms with Crippen LogP contribution in [-0.2, 0) is 11.2 Å². The fourth-order valence-corrected chi connectivity index (χ4v) is 2.09. The van der Waals surface area contributed by atoms with Gasteiger partial charge in [0.1, 0.15) is 24.2 Å². The highest BCUT2D eigenvalue weighted by Gasteiger charge is 2.09. The number of ether oxygens (including phenoxy) is 3. The van der Waals surface area contributed by atoms with Gasteiger partial charge in [-0.3, -0.25) is 0 Å². The van der Waals surface area contributed by atoms with E-state index >= 15 is 0 Å². The zero-order valence-electron chi connectivity index (χ0n) is 14.2. The number of benzene rings is 1. The van der Waals surface area contributed by atoms with Crippen molar-refractivity contribution in [2.45, 2.75) is 25.9 Å². The lowest BCUT2D eigenvalue weighted by atomic mass is 10.1. The summed E-state index contributed by atoms with van der Waals surface area (Å²) < 4.78 is 16.6. The molecule has 0 spiro atoms. The third-order valence-corrected chi connectivity index (χ3v) is 3.22. The fourth-order valence-electron chi connectivity index (χ4n) is 2.09. The Morgan fingerprint density at radius 1 is 1.35 bits per heavy atom. The summed E-state index contributed by atoms with van der Waals surface area (Å²) in [6.07, 6.45) is 3.37. The predicted molar refractivity (Wildman–Crippen MR) is 92.4 cm³/mol. The number of nitrogens with one attached hydrogen (secondary N) is 1. The zero-order chi connectivity index (χ0) is 16.9. The molecule has 0 bridgehead atoms. The monoisotopic (exact) mass is 323 g/mol. The standard InChI is InChI=1S/C18H29NO4/c1-4-6-16-13-17(22-12-11-21-3)7-8-18(16)23-15(2)14-19-9-5-10-20/h4,7-8,13,15,19-20H,1,5-6,9-12,14H2,2-3H3. The van der Waals surface area contributed by atoms with E-state index in [2.05, 4.69) is 11.9 Å². The van der Waals surface area contributed by atoms with Gasteiger partial charge in [0.2, 0.25) is 0 Å². The van der Waals surface area contributed by atoms with Gasteiger partial charge < -0.3 is 24.6 Å². The number of rotatable bonds is 13. The minimum absolute atomic E-state index is 0.0394. The minimum atomic E-state index is 0.0394. The molecule has 0 radical (unpaired) electrons. The lowest BCUT2D eigenvalue weighted by Gasteiger charge is -2.18. The van der Waals surface area contributed by atoms with Crippen LogP contribution in [0.4, 0.5) is 0 Å². The molecule has 0 fully saturated rings. The lowest BCUT2D eigenvalue weighted by molar-refractivity contribution is 0.146. The maximum Gasteiger partial charge on any atom is 0.123 e. The fraction of sp³-hybridized carbons (Fsp3) is 0.556. The molecule has 0 saturated carbocycles. The van der Waals surface area contributed by atoms with Gasteiger partial charge in [0, 0.05) is 25.8 Å². The van der Waals surface area contributed by atoms with Crippen molar-refractivity contribution in [1.82, 2.24) is 5.32 Å². The van der Waals surface area contributed by atoms with E-state index in [1.54, 1.807) is 7.11 Å². The van der Waals surface area contributed by atoms with E-state index in [9.17, 15) is 0 Å². The largest absolute Gasteiger partial charge is 0.491 e. The number of aliphatic hydroxyl groups excluding tert-OH is 1. The molecule has 2 N–H and O–H groups in total. The lowest BCUT2D eigenvalue weighted by Crippen LogP contribution is -2.30. The van der Waals surface area contributed by atoms with Gasteiger partial charge in [0.15, 0.2) is 0 Å². The van der Waals surface area contributed by atoms with E-state index in [0.717, 1.165) is 43.0 Å². The van der Waals surface area contributed by atoms with Crippen LogP contribution in [0, 0.1) is 0 Å². The number of hydrogen-bond acceptors (Lipinski definition) is 5. The van der Waals surface area contributed by atoms with E-state index in [0.29, 0.717) is 13.2 Å². The molecule has 23 heavy (non-hydrogen) atoms. The molecule has 130 valence electrons. The number of hydrogen-bond donors (Lipinski definition) is 2. The summed E-state index contributed by atoms with van der Waals surface area (Å²) in [5, 5.41) is 12.0. The molecule has 1 rings (SSSR count). The summed E-state index contributed by atoms with van der Waals surface area (Å²) in [7, 11) is 1.65. The second-order valence-corrected chi connectivity index (χ2v) is 5.31. The molecule has 1 unspecified atom stereocenters. The smallest absolute Gasteiger partial charge is 0.123 e. The Bertz CT molecular complexity index is 451. The first-order valence-corrected chi connectivity index (χ1v) is 8.05. The second kappa shape index (κ2) is 11.9. The van der Waals surface area contributed by atoms with Gasteiger partial charge in [-0.1, -0.05) is 6.08 Å². The maximum atomic E-state index is 8.77. The minimum Gasteiger partial charge on any atom is -0.491 e. The van der Waals surface area contributed by atoms with Crippen molar-refractivity contribution < 1.29 is 19.3 Å². The molecular weight excluding hydrogens is 294 g/mol. The van der Waals surface area contributed by atoms with Crippen molar-refractivity contribution in [3.05, 3.63) is 36.4 Å². The van der Waals surface area contributed by atoms with Crippen LogP contribution in [0.2, 0.25) is 0 Å². The summed E-state index contributed by atoms with van der Waals surface area (Å²) in [6, 6.07) is 5.83. The summed E-state index contributed by atoms with van der Waals surface area (Å²) >= 11 is 0. The molecule has 1 aromatic rings. The third kappa shape index (κ3) is 8.02. The zero-order valence-corrected chi connectivity index (χ0v) is 14.2. The van der Waals surface area contributed by atoms with Gasteiger partial charge in [0.05, 0.1) is 6.61 Å². The van der Waals surface area contributed by atoms with Crippen molar-refractivity contribution in [2.24, 2.45) is 0 Å². The van der Waals surface area contributed by atoms with Crippen molar-refractivity contribution in [2.75, 3.05) is 40.0 Å². The quantitative estimate of drug-likeness (QED) is 0.430. The normalized spacial score (nSPS) is 12.0. The van der Waals surface area contributed by atoms with E-state index in [1.807, 2.05) is 31.2 Å². The molecule has 0 aliphatic carbocycles. The average molecular weight is 323 g/mol. The molecule has 0 aliphatic rings. The Kier molecular flexibility index (Phi) is 10.1. The number of aliphatic hydroxyl groups is 1. The van der Waals surface area contributed by atoms with Crippen molar-refractivity contribution in [3.8, 4) is 11.5 Å². The molecule has 1 aromatic carbocycles. The Morgan fingerprint density at radius 2 is 2.17 bits per heavy atom.